The van der Waals surface area contributed by atoms with Crippen molar-refractivity contribution in [3.63, 3.8) is 0 Å². The lowest BCUT2D eigenvalue weighted by atomic mass is 10.0. The molecular formula is C12H17BrN4O2. The Bertz CT molecular complexity index is 463. The molecule has 0 bridgehead atoms. The average Bonchev–Trinajstić information content (AvgIpc) is 2.39. The molecule has 19 heavy (non-hydrogen) atoms. The lowest BCUT2D eigenvalue weighted by Gasteiger charge is -2.28. The van der Waals surface area contributed by atoms with Crippen molar-refractivity contribution in [2.75, 3.05) is 25.0 Å². The Morgan fingerprint density at radius 1 is 1.63 bits per heavy atom. The molecule has 0 aliphatic carbocycles. The van der Waals surface area contributed by atoms with Gasteiger partial charge >= 0.3 is 5.69 Å². The second kappa shape index (κ2) is 6.29. The van der Waals surface area contributed by atoms with E-state index in [1.54, 1.807) is 6.20 Å². The van der Waals surface area contributed by atoms with Crippen LogP contribution in [-0.2, 0) is 0 Å². The standard InChI is InChI=1S/C12H17BrN4O2/c1-16(8-10-4-2-3-5-14-10)12-11(17(18)19)6-9(13)7-15-12/h6-7,10,14H,2-5,8H2,1H3. The van der Waals surface area contributed by atoms with Gasteiger partial charge in [0.25, 0.3) is 0 Å². The lowest BCUT2D eigenvalue weighted by Crippen LogP contribution is -2.42. The highest BCUT2D eigenvalue weighted by Gasteiger charge is 2.22. The topological polar surface area (TPSA) is 71.3 Å². The number of piperidine rings is 1. The summed E-state index contributed by atoms with van der Waals surface area (Å²) in [5.41, 5.74) is 0.0349. The molecule has 1 atom stereocenters. The number of hydrogen-bond donors (Lipinski definition) is 1. The zero-order valence-corrected chi connectivity index (χ0v) is 12.4. The van der Waals surface area contributed by atoms with Gasteiger partial charge < -0.3 is 10.2 Å². The van der Waals surface area contributed by atoms with E-state index in [0.29, 0.717) is 16.3 Å². The Morgan fingerprint density at radius 3 is 3.05 bits per heavy atom. The van der Waals surface area contributed by atoms with Crippen LogP contribution in [0, 0.1) is 10.1 Å². The van der Waals surface area contributed by atoms with Crippen molar-refractivity contribution >= 4 is 27.4 Å². The summed E-state index contributed by atoms with van der Waals surface area (Å²) in [6, 6.07) is 1.87. The van der Waals surface area contributed by atoms with E-state index in [1.807, 2.05) is 11.9 Å². The van der Waals surface area contributed by atoms with Crippen molar-refractivity contribution in [2.24, 2.45) is 0 Å². The van der Waals surface area contributed by atoms with Gasteiger partial charge in [0, 0.05) is 36.4 Å². The lowest BCUT2D eigenvalue weighted by molar-refractivity contribution is -0.384. The highest BCUT2D eigenvalue weighted by Crippen LogP contribution is 2.28. The number of hydrogen-bond acceptors (Lipinski definition) is 5. The predicted molar refractivity (Wildman–Crippen MR) is 77.5 cm³/mol. The molecule has 1 aromatic heterocycles. The Labute approximate surface area is 120 Å². The van der Waals surface area contributed by atoms with Crippen molar-refractivity contribution in [1.82, 2.24) is 10.3 Å². The van der Waals surface area contributed by atoms with E-state index in [9.17, 15) is 10.1 Å². The average molecular weight is 329 g/mol. The molecule has 2 rings (SSSR count). The highest BCUT2D eigenvalue weighted by molar-refractivity contribution is 9.10. The summed E-state index contributed by atoms with van der Waals surface area (Å²) >= 11 is 3.21. The summed E-state index contributed by atoms with van der Waals surface area (Å²) in [5.74, 6) is 0.417. The van der Waals surface area contributed by atoms with Crippen molar-refractivity contribution in [3.05, 3.63) is 26.9 Å². The molecule has 0 saturated carbocycles. The number of nitrogens with zero attached hydrogens (tertiary/aromatic N) is 3. The van der Waals surface area contributed by atoms with E-state index in [0.717, 1.165) is 19.5 Å². The maximum atomic E-state index is 11.1. The van der Waals surface area contributed by atoms with Gasteiger partial charge in [0.2, 0.25) is 5.82 Å². The molecule has 7 heteroatoms. The van der Waals surface area contributed by atoms with E-state index in [-0.39, 0.29) is 5.69 Å². The Kier molecular flexibility index (Phi) is 4.71. The SMILES string of the molecule is CN(CC1CCCCN1)c1ncc(Br)cc1[N+](=O)[O-]. The maximum absolute atomic E-state index is 11.1. The molecule has 1 aromatic rings. The molecule has 6 nitrogen and oxygen atoms in total. The summed E-state index contributed by atoms with van der Waals surface area (Å²) in [6.45, 7) is 1.75. The van der Waals surface area contributed by atoms with Crippen molar-refractivity contribution in [3.8, 4) is 0 Å². The van der Waals surface area contributed by atoms with E-state index in [1.165, 1.54) is 18.9 Å². The minimum Gasteiger partial charge on any atom is -0.352 e. The van der Waals surface area contributed by atoms with Crippen LogP contribution in [-0.4, -0.2) is 36.1 Å². The van der Waals surface area contributed by atoms with Crippen LogP contribution in [0.1, 0.15) is 19.3 Å². The first kappa shape index (κ1) is 14.2. The number of anilines is 1. The minimum atomic E-state index is -0.391. The number of pyridine rings is 1. The first-order valence-corrected chi connectivity index (χ1v) is 7.11. The molecule has 1 unspecified atom stereocenters. The zero-order chi connectivity index (χ0) is 13.8. The van der Waals surface area contributed by atoms with Crippen LogP contribution in [0.3, 0.4) is 0 Å². The van der Waals surface area contributed by atoms with Crippen LogP contribution in [0.15, 0.2) is 16.7 Å². The van der Waals surface area contributed by atoms with Crippen LogP contribution >= 0.6 is 15.9 Å². The largest absolute Gasteiger partial charge is 0.352 e. The molecule has 104 valence electrons. The third kappa shape index (κ3) is 3.63. The molecule has 0 radical (unpaired) electrons. The van der Waals surface area contributed by atoms with Crippen LogP contribution < -0.4 is 10.2 Å². The van der Waals surface area contributed by atoms with Gasteiger partial charge in [0.15, 0.2) is 0 Å². The maximum Gasteiger partial charge on any atom is 0.312 e. The molecule has 1 aliphatic heterocycles. The van der Waals surface area contributed by atoms with Gasteiger partial charge in [0.1, 0.15) is 0 Å². The predicted octanol–water partition coefficient (Wildman–Crippen LogP) is 2.33. The normalized spacial score (nSPS) is 19.2. The fourth-order valence-electron chi connectivity index (χ4n) is 2.35. The smallest absolute Gasteiger partial charge is 0.312 e. The van der Waals surface area contributed by atoms with Crippen LogP contribution in [0.4, 0.5) is 11.5 Å². The molecular weight excluding hydrogens is 312 g/mol. The number of rotatable bonds is 4. The second-order valence-electron chi connectivity index (χ2n) is 4.78. The quantitative estimate of drug-likeness (QED) is 0.678. The summed E-state index contributed by atoms with van der Waals surface area (Å²) in [6.07, 6.45) is 5.11. The fourth-order valence-corrected chi connectivity index (χ4v) is 2.67. The van der Waals surface area contributed by atoms with E-state index in [4.69, 9.17) is 0 Å². The van der Waals surface area contributed by atoms with Crippen molar-refractivity contribution in [1.29, 1.82) is 0 Å². The van der Waals surface area contributed by atoms with E-state index in [2.05, 4.69) is 26.2 Å². The number of halogens is 1. The molecule has 1 aliphatic rings. The van der Waals surface area contributed by atoms with Crippen molar-refractivity contribution in [2.45, 2.75) is 25.3 Å². The fraction of sp³-hybridized carbons (Fsp3) is 0.583. The molecule has 0 amide bonds. The first-order valence-electron chi connectivity index (χ1n) is 6.32. The molecule has 0 aromatic carbocycles. The Morgan fingerprint density at radius 2 is 2.42 bits per heavy atom. The van der Waals surface area contributed by atoms with Gasteiger partial charge in [-0.05, 0) is 35.3 Å². The van der Waals surface area contributed by atoms with Crippen molar-refractivity contribution < 1.29 is 4.92 Å². The minimum absolute atomic E-state index is 0.0349. The summed E-state index contributed by atoms with van der Waals surface area (Å²) < 4.78 is 0.618. The van der Waals surface area contributed by atoms with Gasteiger partial charge in [-0.15, -0.1) is 0 Å². The Balaban J connectivity index is 2.13. The number of nitro groups is 1. The number of likely N-dealkylation sites (N-methyl/N-ethyl adjacent to an activating group) is 1. The van der Waals surface area contributed by atoms with Gasteiger partial charge in [0.05, 0.1) is 4.92 Å². The monoisotopic (exact) mass is 328 g/mol. The Hall–Kier alpha value is -1.21. The number of aromatic nitrogens is 1. The first-order chi connectivity index (χ1) is 9.08. The molecule has 1 fully saturated rings. The second-order valence-corrected chi connectivity index (χ2v) is 5.70. The van der Waals surface area contributed by atoms with Crippen LogP contribution in [0.5, 0.6) is 0 Å². The zero-order valence-electron chi connectivity index (χ0n) is 10.8. The van der Waals surface area contributed by atoms with Gasteiger partial charge in [-0.25, -0.2) is 4.98 Å². The molecule has 1 N–H and O–H groups in total. The van der Waals surface area contributed by atoms with Gasteiger partial charge in [-0.2, -0.15) is 0 Å². The summed E-state index contributed by atoms with van der Waals surface area (Å²) in [7, 11) is 1.85. The van der Waals surface area contributed by atoms with Gasteiger partial charge in [-0.3, -0.25) is 10.1 Å². The molecule has 0 spiro atoms. The molecule has 2 heterocycles. The molecule has 1 saturated heterocycles. The third-order valence-corrected chi connectivity index (χ3v) is 3.71. The number of nitrogens with one attached hydrogen (secondary N) is 1. The van der Waals surface area contributed by atoms with E-state index >= 15 is 0 Å². The summed E-state index contributed by atoms with van der Waals surface area (Å²) in [5, 5.41) is 14.5. The third-order valence-electron chi connectivity index (χ3n) is 3.28. The van der Waals surface area contributed by atoms with Crippen LogP contribution in [0.2, 0.25) is 0 Å². The van der Waals surface area contributed by atoms with E-state index < -0.39 is 4.92 Å². The van der Waals surface area contributed by atoms with Crippen LogP contribution in [0.25, 0.3) is 0 Å². The van der Waals surface area contributed by atoms with Gasteiger partial charge in [-0.1, -0.05) is 6.42 Å². The highest BCUT2D eigenvalue weighted by atomic mass is 79.9. The summed E-state index contributed by atoms with van der Waals surface area (Å²) in [4.78, 5) is 16.7.